The Morgan fingerprint density at radius 1 is 1.26 bits per heavy atom. The number of carbonyl (C=O) groups excluding carboxylic acids is 3. The molecule has 4 N–H and O–H groups in total. The predicted molar refractivity (Wildman–Crippen MR) is 132 cm³/mol. The van der Waals surface area contributed by atoms with Crippen LogP contribution in [0.5, 0.6) is 0 Å². The number of rotatable bonds is 10. The Bertz CT molecular complexity index is 1070. The maximum atomic E-state index is 13.6. The number of aromatic amines is 1. The molecule has 0 bridgehead atoms. The van der Waals surface area contributed by atoms with Gasteiger partial charge in [-0.15, -0.1) is 0 Å². The smallest absolute Gasteiger partial charge is 0.247 e. The van der Waals surface area contributed by atoms with Crippen LogP contribution < -0.4 is 10.6 Å². The van der Waals surface area contributed by atoms with Gasteiger partial charge in [-0.2, -0.15) is 0 Å². The number of Topliss-reactive ketones (excluding diaryl/α,β-unsaturated/α-hetero) is 1. The van der Waals surface area contributed by atoms with Crippen LogP contribution in [0.2, 0.25) is 0 Å². The highest BCUT2D eigenvalue weighted by atomic mass is 19.1. The SMILES string of the molecule is CN[C@@H](C)C(=O)N[C@H](C(=O)N(C)CC[C@@H]1C[C@@H](c2c[nH]c3cc(F)ccc23)CC1C(C)=O)[C@@H](C)O. The van der Waals surface area contributed by atoms with E-state index in [1.54, 1.807) is 34.0 Å². The zero-order valence-corrected chi connectivity index (χ0v) is 21.1. The number of likely N-dealkylation sites (N-methyl/N-ethyl adjacent to an activating group) is 2. The molecule has 8 nitrogen and oxygen atoms in total. The lowest BCUT2D eigenvalue weighted by Crippen LogP contribution is -2.56. The fourth-order valence-electron chi connectivity index (χ4n) is 5.16. The van der Waals surface area contributed by atoms with Gasteiger partial charge in [0.15, 0.2) is 0 Å². The fourth-order valence-corrected chi connectivity index (χ4v) is 5.16. The first-order chi connectivity index (χ1) is 16.5. The molecule has 0 aliphatic heterocycles. The van der Waals surface area contributed by atoms with Crippen molar-refractivity contribution in [2.45, 2.75) is 64.1 Å². The number of H-pyrrole nitrogens is 1. The van der Waals surface area contributed by atoms with Crippen molar-refractivity contribution in [2.75, 3.05) is 20.6 Å². The summed E-state index contributed by atoms with van der Waals surface area (Å²) in [6, 6.07) is 3.16. The molecule has 2 amide bonds. The van der Waals surface area contributed by atoms with E-state index >= 15 is 0 Å². The van der Waals surface area contributed by atoms with E-state index in [2.05, 4.69) is 15.6 Å². The third-order valence-electron chi connectivity index (χ3n) is 7.42. The lowest BCUT2D eigenvalue weighted by molar-refractivity contribution is -0.138. The maximum absolute atomic E-state index is 13.6. The van der Waals surface area contributed by atoms with Gasteiger partial charge in [0.25, 0.3) is 0 Å². The molecule has 6 atom stereocenters. The second kappa shape index (κ2) is 11.3. The number of halogens is 1. The van der Waals surface area contributed by atoms with E-state index in [9.17, 15) is 23.9 Å². The normalized spacial score (nSPS) is 22.5. The van der Waals surface area contributed by atoms with Gasteiger partial charge in [-0.25, -0.2) is 4.39 Å². The summed E-state index contributed by atoms with van der Waals surface area (Å²) in [5.41, 5.74) is 1.83. The summed E-state index contributed by atoms with van der Waals surface area (Å²) in [5, 5.41) is 16.5. The minimum absolute atomic E-state index is 0.0991. The maximum Gasteiger partial charge on any atom is 0.247 e. The van der Waals surface area contributed by atoms with Crippen LogP contribution in [-0.2, 0) is 14.4 Å². The third kappa shape index (κ3) is 6.08. The molecule has 9 heteroatoms. The summed E-state index contributed by atoms with van der Waals surface area (Å²) in [5.74, 6) is -0.747. The van der Waals surface area contributed by atoms with Crippen molar-refractivity contribution >= 4 is 28.5 Å². The highest BCUT2D eigenvalue weighted by Crippen LogP contribution is 2.46. The summed E-state index contributed by atoms with van der Waals surface area (Å²) in [4.78, 5) is 42.4. The van der Waals surface area contributed by atoms with Gasteiger partial charge in [-0.1, -0.05) is 0 Å². The molecule has 1 aliphatic carbocycles. The molecule has 3 rings (SSSR count). The van der Waals surface area contributed by atoms with Crippen LogP contribution in [-0.4, -0.2) is 71.4 Å². The average molecular weight is 489 g/mol. The van der Waals surface area contributed by atoms with Crippen molar-refractivity contribution in [2.24, 2.45) is 11.8 Å². The number of hydrogen-bond acceptors (Lipinski definition) is 5. The van der Waals surface area contributed by atoms with E-state index in [4.69, 9.17) is 0 Å². The number of benzene rings is 1. The average Bonchev–Trinajstić information content (AvgIpc) is 3.43. The van der Waals surface area contributed by atoms with Gasteiger partial charge in [0.1, 0.15) is 17.6 Å². The molecule has 0 spiro atoms. The highest BCUT2D eigenvalue weighted by molar-refractivity contribution is 5.90. The van der Waals surface area contributed by atoms with E-state index in [0.717, 1.165) is 29.3 Å². The summed E-state index contributed by atoms with van der Waals surface area (Å²) >= 11 is 0. The molecule has 0 saturated heterocycles. The van der Waals surface area contributed by atoms with Gasteiger partial charge >= 0.3 is 0 Å². The number of nitrogens with one attached hydrogen (secondary N) is 3. The molecular weight excluding hydrogens is 451 g/mol. The Balaban J connectivity index is 1.67. The zero-order chi connectivity index (χ0) is 25.9. The van der Waals surface area contributed by atoms with Crippen molar-refractivity contribution in [3.63, 3.8) is 0 Å². The lowest BCUT2D eigenvalue weighted by atomic mass is 9.90. The Morgan fingerprint density at radius 2 is 1.97 bits per heavy atom. The second-order valence-corrected chi connectivity index (χ2v) is 9.87. The second-order valence-electron chi connectivity index (χ2n) is 9.87. The Kier molecular flexibility index (Phi) is 8.66. The number of carbonyl (C=O) groups is 3. The summed E-state index contributed by atoms with van der Waals surface area (Å²) in [6.07, 6.45) is 3.01. The van der Waals surface area contributed by atoms with E-state index in [1.165, 1.54) is 24.0 Å². The fraction of sp³-hybridized carbons (Fsp3) is 0.577. The van der Waals surface area contributed by atoms with Gasteiger partial charge in [-0.05, 0) is 82.7 Å². The number of aliphatic hydroxyl groups excluding tert-OH is 1. The van der Waals surface area contributed by atoms with E-state index in [1.807, 2.05) is 6.20 Å². The van der Waals surface area contributed by atoms with Crippen molar-refractivity contribution in [3.05, 3.63) is 35.8 Å². The standard InChI is InChI=1S/C26H37FN4O4/c1-14(28-4)25(34)30-24(16(3)33)26(35)31(5)9-8-17-10-18(11-21(17)15(2)32)22-13-29-23-12-19(27)6-7-20(22)23/h6-7,12-14,16-18,21,24,28-29,33H,8-11H2,1-5H3,(H,30,34)/t14-,16+,17+,18+,21?,24-/m0/s1. The lowest BCUT2D eigenvalue weighted by Gasteiger charge is -2.28. The number of ketones is 1. The van der Waals surface area contributed by atoms with Crippen molar-refractivity contribution in [1.29, 1.82) is 0 Å². The zero-order valence-electron chi connectivity index (χ0n) is 21.1. The van der Waals surface area contributed by atoms with Gasteiger partial charge in [-0.3, -0.25) is 14.4 Å². The van der Waals surface area contributed by atoms with Crippen molar-refractivity contribution in [1.82, 2.24) is 20.5 Å². The Hall–Kier alpha value is -2.78. The third-order valence-corrected chi connectivity index (χ3v) is 7.42. The summed E-state index contributed by atoms with van der Waals surface area (Å²) in [6.45, 7) is 5.16. The largest absolute Gasteiger partial charge is 0.391 e. The Labute approximate surface area is 205 Å². The number of nitrogens with zero attached hydrogens (tertiary/aromatic N) is 1. The topological polar surface area (TPSA) is 115 Å². The van der Waals surface area contributed by atoms with E-state index in [-0.39, 0.29) is 41.2 Å². The first-order valence-corrected chi connectivity index (χ1v) is 12.2. The van der Waals surface area contributed by atoms with Crippen molar-refractivity contribution < 1.29 is 23.9 Å². The summed E-state index contributed by atoms with van der Waals surface area (Å²) in [7, 11) is 3.29. The molecule has 1 aromatic heterocycles. The first kappa shape index (κ1) is 26.8. The molecule has 192 valence electrons. The molecule has 0 radical (unpaired) electrons. The van der Waals surface area contributed by atoms with Gasteiger partial charge in [0.05, 0.1) is 12.1 Å². The molecule has 1 heterocycles. The molecule has 1 unspecified atom stereocenters. The van der Waals surface area contributed by atoms with Gasteiger partial charge in [0, 0.05) is 36.6 Å². The molecule has 2 aromatic rings. The highest BCUT2D eigenvalue weighted by Gasteiger charge is 2.39. The monoisotopic (exact) mass is 488 g/mol. The molecule has 1 aliphatic rings. The predicted octanol–water partition coefficient (Wildman–Crippen LogP) is 2.33. The van der Waals surface area contributed by atoms with Crippen molar-refractivity contribution in [3.8, 4) is 0 Å². The van der Waals surface area contributed by atoms with Crippen LogP contribution in [0.25, 0.3) is 10.9 Å². The van der Waals surface area contributed by atoms with Crippen LogP contribution in [0.1, 0.15) is 51.5 Å². The number of fused-ring (bicyclic) bond motifs is 1. The van der Waals surface area contributed by atoms with Crippen LogP contribution in [0.15, 0.2) is 24.4 Å². The van der Waals surface area contributed by atoms with Gasteiger partial charge in [0.2, 0.25) is 11.8 Å². The molecule has 1 fully saturated rings. The van der Waals surface area contributed by atoms with E-state index < -0.39 is 18.2 Å². The number of aromatic nitrogens is 1. The number of aliphatic hydroxyl groups is 1. The molecular formula is C26H37FN4O4. The quantitative estimate of drug-likeness (QED) is 0.410. The minimum atomic E-state index is -1.05. The van der Waals surface area contributed by atoms with Crippen LogP contribution >= 0.6 is 0 Å². The van der Waals surface area contributed by atoms with Crippen LogP contribution in [0.3, 0.4) is 0 Å². The number of amides is 2. The summed E-state index contributed by atoms with van der Waals surface area (Å²) < 4.78 is 13.6. The van der Waals surface area contributed by atoms with Crippen LogP contribution in [0.4, 0.5) is 4.39 Å². The molecule has 35 heavy (non-hydrogen) atoms. The molecule has 1 saturated carbocycles. The first-order valence-electron chi connectivity index (χ1n) is 12.2. The van der Waals surface area contributed by atoms with Crippen LogP contribution in [0, 0.1) is 17.7 Å². The number of hydrogen-bond donors (Lipinski definition) is 4. The minimum Gasteiger partial charge on any atom is -0.391 e. The Morgan fingerprint density at radius 3 is 2.60 bits per heavy atom. The van der Waals surface area contributed by atoms with Gasteiger partial charge < -0.3 is 25.6 Å². The van der Waals surface area contributed by atoms with E-state index in [0.29, 0.717) is 13.0 Å². The molecule has 1 aromatic carbocycles.